The number of hydrogen-bond donors (Lipinski definition) is 1. The van der Waals surface area contributed by atoms with Gasteiger partial charge in [-0.05, 0) is 19.1 Å². The summed E-state index contributed by atoms with van der Waals surface area (Å²) in [6, 6.07) is 18.0. The Morgan fingerprint density at radius 3 is 2.38 bits per heavy atom. The Morgan fingerprint density at radius 1 is 1.04 bits per heavy atom. The van der Waals surface area contributed by atoms with Crippen LogP contribution in [0.4, 0.5) is 0 Å². The Labute approximate surface area is 155 Å². The van der Waals surface area contributed by atoms with Gasteiger partial charge in [-0.15, -0.1) is 0 Å². The predicted molar refractivity (Wildman–Crippen MR) is 102 cm³/mol. The van der Waals surface area contributed by atoms with Crippen LogP contribution >= 0.6 is 11.3 Å². The first kappa shape index (κ1) is 16.9. The normalized spacial score (nSPS) is 11.9. The highest BCUT2D eigenvalue weighted by molar-refractivity contribution is 7.89. The van der Waals surface area contributed by atoms with Gasteiger partial charge in [-0.1, -0.05) is 59.9 Å². The van der Waals surface area contributed by atoms with Gasteiger partial charge in [0, 0.05) is 5.56 Å². The summed E-state index contributed by atoms with van der Waals surface area (Å²) in [6.07, 6.45) is 0. The Kier molecular flexibility index (Phi) is 4.31. The van der Waals surface area contributed by atoms with Crippen molar-refractivity contribution in [3.05, 3.63) is 71.4 Å². The number of nitrogens with zero attached hydrogens (tertiary/aromatic N) is 3. The third-order valence-electron chi connectivity index (χ3n) is 3.93. The summed E-state index contributed by atoms with van der Waals surface area (Å²) in [5.41, 5.74) is 2.38. The first-order chi connectivity index (χ1) is 12.5. The molecule has 4 aromatic rings. The monoisotopic (exact) mass is 384 g/mol. The average molecular weight is 384 g/mol. The second kappa shape index (κ2) is 6.64. The zero-order valence-electron chi connectivity index (χ0n) is 14.0. The zero-order valence-corrected chi connectivity index (χ0v) is 15.6. The van der Waals surface area contributed by atoms with Gasteiger partial charge in [-0.2, -0.15) is 5.10 Å². The molecule has 0 saturated heterocycles. The van der Waals surface area contributed by atoms with Crippen LogP contribution in [-0.2, 0) is 16.6 Å². The summed E-state index contributed by atoms with van der Waals surface area (Å²) >= 11 is 1.48. The first-order valence-electron chi connectivity index (χ1n) is 8.00. The summed E-state index contributed by atoms with van der Waals surface area (Å²) in [5, 5.41) is 5.34. The van der Waals surface area contributed by atoms with E-state index in [2.05, 4.69) is 14.8 Å². The van der Waals surface area contributed by atoms with Crippen molar-refractivity contribution < 1.29 is 8.42 Å². The lowest BCUT2D eigenvalue weighted by Gasteiger charge is -2.08. The maximum Gasteiger partial charge on any atom is 0.240 e. The van der Waals surface area contributed by atoms with Crippen LogP contribution in [-0.4, -0.2) is 23.0 Å². The smallest absolute Gasteiger partial charge is 0.217 e. The minimum Gasteiger partial charge on any atom is -0.217 e. The second-order valence-electron chi connectivity index (χ2n) is 5.73. The van der Waals surface area contributed by atoms with E-state index in [4.69, 9.17) is 0 Å². The molecule has 2 heterocycles. The molecule has 0 aliphatic carbocycles. The van der Waals surface area contributed by atoms with E-state index in [0.29, 0.717) is 0 Å². The third kappa shape index (κ3) is 3.14. The molecule has 0 fully saturated rings. The van der Waals surface area contributed by atoms with Crippen molar-refractivity contribution in [1.29, 1.82) is 0 Å². The van der Waals surface area contributed by atoms with Crippen LogP contribution in [0.25, 0.3) is 16.2 Å². The van der Waals surface area contributed by atoms with Crippen LogP contribution in [0.15, 0.2) is 65.6 Å². The van der Waals surface area contributed by atoms with Crippen LogP contribution in [0, 0.1) is 6.92 Å². The maximum atomic E-state index is 12.6. The highest BCUT2D eigenvalue weighted by Crippen LogP contribution is 2.27. The van der Waals surface area contributed by atoms with E-state index in [1.54, 1.807) is 34.8 Å². The number of hydrogen-bond acceptors (Lipinski definition) is 5. The van der Waals surface area contributed by atoms with Gasteiger partial charge in [-0.25, -0.2) is 22.6 Å². The largest absolute Gasteiger partial charge is 0.240 e. The summed E-state index contributed by atoms with van der Waals surface area (Å²) < 4.78 is 29.5. The van der Waals surface area contributed by atoms with Crippen molar-refractivity contribution in [2.45, 2.75) is 18.4 Å². The SMILES string of the molecule is Cc1nn2c(CNS(=O)(=O)c3ccccc3)c(-c3ccccc3)nc2s1. The van der Waals surface area contributed by atoms with Crippen molar-refractivity contribution >= 4 is 26.3 Å². The number of rotatable bonds is 5. The number of aryl methyl sites for hydroxylation is 1. The number of imidazole rings is 1. The molecule has 1 N–H and O–H groups in total. The number of sulfonamides is 1. The molecule has 0 aliphatic rings. The molecule has 0 radical (unpaired) electrons. The van der Waals surface area contributed by atoms with Gasteiger partial charge in [0.2, 0.25) is 15.0 Å². The number of nitrogens with one attached hydrogen (secondary N) is 1. The van der Waals surface area contributed by atoms with Crippen molar-refractivity contribution in [2.75, 3.05) is 0 Å². The minimum absolute atomic E-state index is 0.103. The zero-order chi connectivity index (χ0) is 18.1. The summed E-state index contributed by atoms with van der Waals surface area (Å²) in [7, 11) is -3.61. The lowest BCUT2D eigenvalue weighted by atomic mass is 10.1. The molecule has 0 amide bonds. The third-order valence-corrected chi connectivity index (χ3v) is 6.17. The minimum atomic E-state index is -3.61. The molecule has 4 rings (SSSR count). The summed E-state index contributed by atoms with van der Waals surface area (Å²) in [5.74, 6) is 0. The van der Waals surface area contributed by atoms with E-state index in [9.17, 15) is 8.42 Å². The van der Waals surface area contributed by atoms with Gasteiger partial charge >= 0.3 is 0 Å². The van der Waals surface area contributed by atoms with Crippen LogP contribution in [0.5, 0.6) is 0 Å². The lowest BCUT2D eigenvalue weighted by molar-refractivity contribution is 0.579. The van der Waals surface area contributed by atoms with Gasteiger partial charge < -0.3 is 0 Å². The van der Waals surface area contributed by atoms with Crippen LogP contribution < -0.4 is 4.72 Å². The van der Waals surface area contributed by atoms with Crippen molar-refractivity contribution in [3.8, 4) is 11.3 Å². The molecule has 0 saturated carbocycles. The van der Waals surface area contributed by atoms with E-state index in [1.165, 1.54) is 11.3 Å². The molecular formula is C18H16N4O2S2. The second-order valence-corrected chi connectivity index (χ2v) is 8.65. The fraction of sp³-hybridized carbons (Fsp3) is 0.111. The lowest BCUT2D eigenvalue weighted by Crippen LogP contribution is -2.24. The fourth-order valence-electron chi connectivity index (χ4n) is 2.72. The molecule has 2 aromatic carbocycles. The van der Waals surface area contributed by atoms with E-state index < -0.39 is 10.0 Å². The van der Waals surface area contributed by atoms with Crippen molar-refractivity contribution in [2.24, 2.45) is 0 Å². The first-order valence-corrected chi connectivity index (χ1v) is 10.3. The van der Waals surface area contributed by atoms with Crippen molar-refractivity contribution in [3.63, 3.8) is 0 Å². The van der Waals surface area contributed by atoms with E-state index >= 15 is 0 Å². The highest BCUT2D eigenvalue weighted by atomic mass is 32.2. The quantitative estimate of drug-likeness (QED) is 0.573. The standard InChI is InChI=1S/C18H16N4O2S2/c1-13-21-22-16(12-19-26(23,24)15-10-6-3-7-11-15)17(20-18(22)25-13)14-8-4-2-5-9-14/h2-11,19H,12H2,1H3. The summed E-state index contributed by atoms with van der Waals surface area (Å²) in [4.78, 5) is 5.64. The number of benzene rings is 2. The maximum absolute atomic E-state index is 12.6. The van der Waals surface area contributed by atoms with Gasteiger partial charge in [0.05, 0.1) is 22.8 Å². The van der Waals surface area contributed by atoms with Gasteiger partial charge in [0.1, 0.15) is 5.01 Å². The molecular weight excluding hydrogens is 368 g/mol. The fourth-order valence-corrected chi connectivity index (χ4v) is 4.49. The van der Waals surface area contributed by atoms with Crippen LogP contribution in [0.2, 0.25) is 0 Å². The van der Waals surface area contributed by atoms with Gasteiger partial charge in [-0.3, -0.25) is 0 Å². The molecule has 0 aliphatic heterocycles. The Balaban J connectivity index is 1.73. The molecule has 132 valence electrons. The molecule has 2 aromatic heterocycles. The average Bonchev–Trinajstić information content (AvgIpc) is 3.17. The molecule has 0 unspecified atom stereocenters. The van der Waals surface area contributed by atoms with E-state index in [0.717, 1.165) is 26.9 Å². The van der Waals surface area contributed by atoms with Crippen molar-refractivity contribution in [1.82, 2.24) is 19.3 Å². The Morgan fingerprint density at radius 2 is 1.69 bits per heavy atom. The van der Waals surface area contributed by atoms with Crippen LogP contribution in [0.1, 0.15) is 10.7 Å². The Bertz CT molecular complexity index is 1150. The molecule has 26 heavy (non-hydrogen) atoms. The molecule has 6 nitrogen and oxygen atoms in total. The molecule has 0 atom stereocenters. The van der Waals surface area contributed by atoms with Crippen LogP contribution in [0.3, 0.4) is 0 Å². The number of fused-ring (bicyclic) bond motifs is 1. The van der Waals surface area contributed by atoms with Gasteiger partial charge in [0.15, 0.2) is 0 Å². The molecule has 0 bridgehead atoms. The predicted octanol–water partition coefficient (Wildman–Crippen LogP) is 3.24. The highest BCUT2D eigenvalue weighted by Gasteiger charge is 2.20. The van der Waals surface area contributed by atoms with E-state index in [-0.39, 0.29) is 11.4 Å². The number of aromatic nitrogens is 3. The molecule has 0 spiro atoms. The topological polar surface area (TPSA) is 76.4 Å². The summed E-state index contributed by atoms with van der Waals surface area (Å²) in [6.45, 7) is 2.01. The molecule has 8 heteroatoms. The Hall–Kier alpha value is -2.55. The van der Waals surface area contributed by atoms with Gasteiger partial charge in [0.25, 0.3) is 0 Å². The van der Waals surface area contributed by atoms with E-state index in [1.807, 2.05) is 37.3 Å².